The molecule has 3 heteroatoms. The molecule has 0 aromatic rings. The zero-order chi connectivity index (χ0) is 6.69. The van der Waals surface area contributed by atoms with E-state index in [9.17, 15) is 0 Å². The molecule has 3 nitrogen and oxygen atoms in total. The summed E-state index contributed by atoms with van der Waals surface area (Å²) >= 11 is 0. The van der Waals surface area contributed by atoms with Crippen LogP contribution in [0.5, 0.6) is 0 Å². The highest BCUT2D eigenvalue weighted by atomic mass is 15.1. The molecule has 50 valence electrons. The summed E-state index contributed by atoms with van der Waals surface area (Å²) < 4.78 is 0. The van der Waals surface area contributed by atoms with E-state index >= 15 is 0 Å². The van der Waals surface area contributed by atoms with Gasteiger partial charge in [-0.3, -0.25) is 0 Å². The van der Waals surface area contributed by atoms with Gasteiger partial charge in [-0.1, -0.05) is 24.9 Å². The predicted octanol–water partition coefficient (Wildman–Crippen LogP) is 2.49. The Kier molecular flexibility index (Phi) is 1.96. The average molecular weight is 125 g/mol. The van der Waals surface area contributed by atoms with E-state index < -0.39 is 0 Å². The number of rotatable bonds is 1. The lowest BCUT2D eigenvalue weighted by molar-refractivity contribution is 0.525. The van der Waals surface area contributed by atoms with Crippen molar-refractivity contribution >= 4 is 0 Å². The summed E-state index contributed by atoms with van der Waals surface area (Å²) in [6.07, 6.45) is 3.54. The van der Waals surface area contributed by atoms with Gasteiger partial charge in [0.1, 0.15) is 0 Å². The number of hydrogen-bond donors (Lipinski definition) is 0. The third-order valence-corrected chi connectivity index (χ3v) is 2.02. The maximum Gasteiger partial charge on any atom is 0.0399 e. The smallest absolute Gasteiger partial charge is 0.0399 e. The van der Waals surface area contributed by atoms with Gasteiger partial charge in [0.25, 0.3) is 0 Å². The second kappa shape index (κ2) is 2.74. The third kappa shape index (κ3) is 1.36. The molecular formula is C6H11N3. The fraction of sp³-hybridized carbons (Fsp3) is 1.00. The van der Waals surface area contributed by atoms with E-state index in [2.05, 4.69) is 16.9 Å². The Hall–Kier alpha value is -0.690. The normalized spacial score (nSPS) is 33.9. The van der Waals surface area contributed by atoms with Crippen LogP contribution < -0.4 is 0 Å². The van der Waals surface area contributed by atoms with Crippen molar-refractivity contribution in [3.05, 3.63) is 10.4 Å². The highest BCUT2D eigenvalue weighted by Crippen LogP contribution is 2.27. The van der Waals surface area contributed by atoms with Crippen LogP contribution in [0, 0.1) is 5.92 Å². The van der Waals surface area contributed by atoms with Crippen LogP contribution in [0.4, 0.5) is 0 Å². The van der Waals surface area contributed by atoms with Gasteiger partial charge in [0, 0.05) is 11.0 Å². The molecule has 0 aromatic heterocycles. The van der Waals surface area contributed by atoms with Crippen molar-refractivity contribution in [1.29, 1.82) is 0 Å². The topological polar surface area (TPSA) is 48.8 Å². The molecule has 2 atom stereocenters. The van der Waals surface area contributed by atoms with Crippen LogP contribution in [0.1, 0.15) is 26.2 Å². The van der Waals surface area contributed by atoms with Gasteiger partial charge in [-0.25, -0.2) is 0 Å². The lowest BCUT2D eigenvalue weighted by Gasteiger charge is -2.05. The van der Waals surface area contributed by atoms with Crippen LogP contribution >= 0.6 is 0 Å². The molecule has 0 aliphatic heterocycles. The molecule has 0 spiro atoms. The highest BCUT2D eigenvalue weighted by Gasteiger charge is 2.21. The van der Waals surface area contributed by atoms with Crippen molar-refractivity contribution < 1.29 is 0 Å². The third-order valence-electron chi connectivity index (χ3n) is 2.02. The Morgan fingerprint density at radius 2 is 2.33 bits per heavy atom. The molecule has 1 rings (SSSR count). The van der Waals surface area contributed by atoms with E-state index in [1.54, 1.807) is 0 Å². The average Bonchev–Trinajstić information content (AvgIpc) is 2.18. The van der Waals surface area contributed by atoms with E-state index in [1.807, 2.05) is 0 Å². The minimum atomic E-state index is 0.287. The fourth-order valence-electron chi connectivity index (χ4n) is 1.36. The molecule has 2 unspecified atom stereocenters. The largest absolute Gasteiger partial charge is 0.0903 e. The molecule has 1 aliphatic rings. The molecule has 0 saturated heterocycles. The quantitative estimate of drug-likeness (QED) is 0.293. The zero-order valence-electron chi connectivity index (χ0n) is 5.62. The molecule has 0 bridgehead atoms. The van der Waals surface area contributed by atoms with Gasteiger partial charge in [-0.2, -0.15) is 0 Å². The maximum absolute atomic E-state index is 8.10. The summed E-state index contributed by atoms with van der Waals surface area (Å²) in [5.41, 5.74) is 8.10. The molecule has 0 radical (unpaired) electrons. The molecule has 0 aromatic carbocycles. The van der Waals surface area contributed by atoms with Gasteiger partial charge in [-0.15, -0.1) is 0 Å². The number of nitrogens with zero attached hydrogens (tertiary/aromatic N) is 3. The first-order valence-corrected chi connectivity index (χ1v) is 3.39. The Morgan fingerprint density at radius 3 is 2.78 bits per heavy atom. The van der Waals surface area contributed by atoms with Crippen molar-refractivity contribution in [2.24, 2.45) is 11.0 Å². The zero-order valence-corrected chi connectivity index (χ0v) is 5.62. The molecule has 0 heterocycles. The SMILES string of the molecule is CC1CCCC1N=[N+]=[N-]. The molecule has 0 N–H and O–H groups in total. The van der Waals surface area contributed by atoms with Crippen LogP contribution in [0.2, 0.25) is 0 Å². The summed E-state index contributed by atoms with van der Waals surface area (Å²) in [7, 11) is 0. The summed E-state index contributed by atoms with van der Waals surface area (Å²) in [6, 6.07) is 0.287. The highest BCUT2D eigenvalue weighted by molar-refractivity contribution is 4.79. The van der Waals surface area contributed by atoms with Crippen LogP contribution in [0.3, 0.4) is 0 Å². The number of hydrogen-bond acceptors (Lipinski definition) is 1. The van der Waals surface area contributed by atoms with Gasteiger partial charge in [0.15, 0.2) is 0 Å². The Morgan fingerprint density at radius 1 is 1.56 bits per heavy atom. The van der Waals surface area contributed by atoms with Gasteiger partial charge < -0.3 is 0 Å². The lowest BCUT2D eigenvalue weighted by atomic mass is 10.1. The maximum atomic E-state index is 8.10. The summed E-state index contributed by atoms with van der Waals surface area (Å²) in [5, 5.41) is 3.69. The van der Waals surface area contributed by atoms with Crippen molar-refractivity contribution in [3.63, 3.8) is 0 Å². The molecule has 9 heavy (non-hydrogen) atoms. The van der Waals surface area contributed by atoms with Gasteiger partial charge >= 0.3 is 0 Å². The van der Waals surface area contributed by atoms with E-state index in [-0.39, 0.29) is 6.04 Å². The van der Waals surface area contributed by atoms with E-state index in [0.29, 0.717) is 5.92 Å². The van der Waals surface area contributed by atoms with Crippen molar-refractivity contribution in [2.75, 3.05) is 0 Å². The standard InChI is InChI=1S/C6H11N3/c1-5-3-2-4-6(5)8-9-7/h5-6H,2-4H2,1H3. The fourth-order valence-corrected chi connectivity index (χ4v) is 1.36. The first-order chi connectivity index (χ1) is 4.34. The van der Waals surface area contributed by atoms with Gasteiger partial charge in [0.2, 0.25) is 0 Å². The lowest BCUT2D eigenvalue weighted by Crippen LogP contribution is -2.05. The van der Waals surface area contributed by atoms with E-state index in [0.717, 1.165) is 6.42 Å². The molecule has 1 fully saturated rings. The first-order valence-electron chi connectivity index (χ1n) is 3.39. The predicted molar refractivity (Wildman–Crippen MR) is 35.9 cm³/mol. The van der Waals surface area contributed by atoms with E-state index in [4.69, 9.17) is 5.53 Å². The van der Waals surface area contributed by atoms with Crippen LogP contribution in [-0.4, -0.2) is 6.04 Å². The minimum Gasteiger partial charge on any atom is -0.0903 e. The number of azide groups is 1. The monoisotopic (exact) mass is 125 g/mol. The second-order valence-corrected chi connectivity index (χ2v) is 2.68. The van der Waals surface area contributed by atoms with Crippen LogP contribution in [0.25, 0.3) is 10.4 Å². The molecular weight excluding hydrogens is 114 g/mol. The van der Waals surface area contributed by atoms with Crippen LogP contribution in [0.15, 0.2) is 5.11 Å². The van der Waals surface area contributed by atoms with Crippen molar-refractivity contribution in [1.82, 2.24) is 0 Å². The summed E-state index contributed by atoms with van der Waals surface area (Å²) in [4.78, 5) is 2.79. The molecule has 0 amide bonds. The van der Waals surface area contributed by atoms with Crippen molar-refractivity contribution in [2.45, 2.75) is 32.2 Å². The minimum absolute atomic E-state index is 0.287. The van der Waals surface area contributed by atoms with Crippen LogP contribution in [-0.2, 0) is 0 Å². The van der Waals surface area contributed by atoms with Crippen molar-refractivity contribution in [3.8, 4) is 0 Å². The summed E-state index contributed by atoms with van der Waals surface area (Å²) in [5.74, 6) is 0.612. The summed E-state index contributed by atoms with van der Waals surface area (Å²) in [6.45, 7) is 2.15. The molecule has 1 aliphatic carbocycles. The van der Waals surface area contributed by atoms with Gasteiger partial charge in [0.05, 0.1) is 0 Å². The van der Waals surface area contributed by atoms with Gasteiger partial charge in [-0.05, 0) is 17.9 Å². The Balaban J connectivity index is 2.49. The van der Waals surface area contributed by atoms with E-state index in [1.165, 1.54) is 12.8 Å². The Labute approximate surface area is 54.7 Å². The second-order valence-electron chi connectivity index (χ2n) is 2.68. The Bertz CT molecular complexity index is 137. The first kappa shape index (κ1) is 6.43. The molecule has 1 saturated carbocycles.